The second kappa shape index (κ2) is 23.5. The quantitative estimate of drug-likeness (QED) is 0.142. The second-order valence-corrected chi connectivity index (χ2v) is 7.89. The summed E-state index contributed by atoms with van der Waals surface area (Å²) in [6.45, 7) is 6.25. The van der Waals surface area contributed by atoms with Crippen LogP contribution in [0.5, 0.6) is 0 Å². The third-order valence-corrected chi connectivity index (χ3v) is 5.12. The third-order valence-electron chi connectivity index (χ3n) is 5.12. The Morgan fingerprint density at radius 2 is 0.963 bits per heavy atom. The predicted molar refractivity (Wildman–Crippen MR) is 116 cm³/mol. The topological polar surface area (TPSA) is 35.5 Å². The van der Waals surface area contributed by atoms with Crippen molar-refractivity contribution in [3.05, 3.63) is 0 Å². The Morgan fingerprint density at radius 3 is 1.48 bits per heavy atom. The van der Waals surface area contributed by atoms with Crippen LogP contribution in [0.1, 0.15) is 129 Å². The first-order chi connectivity index (χ1) is 13.3. The number of hydrogen-bond acceptors (Lipinski definition) is 3. The number of carbonyl (C=O) groups is 1. The first kappa shape index (κ1) is 26.4. The van der Waals surface area contributed by atoms with Crippen LogP contribution < -0.4 is 0 Å². The van der Waals surface area contributed by atoms with E-state index in [-0.39, 0.29) is 5.97 Å². The van der Waals surface area contributed by atoms with E-state index >= 15 is 0 Å². The normalized spacial score (nSPS) is 11.0. The van der Waals surface area contributed by atoms with Gasteiger partial charge in [-0.15, -0.1) is 0 Å². The van der Waals surface area contributed by atoms with Crippen LogP contribution in [0.15, 0.2) is 0 Å². The van der Waals surface area contributed by atoms with Crippen molar-refractivity contribution in [2.24, 2.45) is 0 Å². The molecule has 0 saturated carbocycles. The van der Waals surface area contributed by atoms with Gasteiger partial charge in [-0.25, -0.2) is 0 Å². The summed E-state index contributed by atoms with van der Waals surface area (Å²) in [6.07, 6.45) is 22.6. The van der Waals surface area contributed by atoms with Gasteiger partial charge < -0.3 is 9.47 Å². The van der Waals surface area contributed by atoms with Crippen LogP contribution in [0.3, 0.4) is 0 Å². The molecule has 0 amide bonds. The zero-order chi connectivity index (χ0) is 19.8. The molecule has 0 fully saturated rings. The Kier molecular flexibility index (Phi) is 23.0. The van der Waals surface area contributed by atoms with E-state index in [1.54, 1.807) is 0 Å². The molecule has 0 aromatic rings. The molecule has 0 rings (SSSR count). The second-order valence-electron chi connectivity index (χ2n) is 7.89. The summed E-state index contributed by atoms with van der Waals surface area (Å²) in [7, 11) is 0. The van der Waals surface area contributed by atoms with Gasteiger partial charge in [0.05, 0.1) is 6.61 Å². The van der Waals surface area contributed by atoms with Crippen molar-refractivity contribution >= 4 is 5.97 Å². The molecule has 0 bridgehead atoms. The fourth-order valence-corrected chi connectivity index (χ4v) is 3.31. The minimum Gasteiger partial charge on any atom is -0.463 e. The molecule has 27 heavy (non-hydrogen) atoms. The molecule has 0 saturated heterocycles. The first-order valence-corrected chi connectivity index (χ1v) is 12.0. The largest absolute Gasteiger partial charge is 0.463 e. The van der Waals surface area contributed by atoms with Crippen LogP contribution in [0.4, 0.5) is 0 Å². The lowest BCUT2D eigenvalue weighted by Crippen LogP contribution is -2.10. The summed E-state index contributed by atoms with van der Waals surface area (Å²) in [6, 6.07) is 0. The Morgan fingerprint density at radius 1 is 0.519 bits per heavy atom. The molecule has 0 unspecified atom stereocenters. The van der Waals surface area contributed by atoms with Gasteiger partial charge in [0.15, 0.2) is 0 Å². The maximum absolute atomic E-state index is 11.6. The van der Waals surface area contributed by atoms with Gasteiger partial charge in [0.25, 0.3) is 0 Å². The number of hydrogen-bond donors (Lipinski definition) is 0. The summed E-state index contributed by atoms with van der Waals surface area (Å²) in [5, 5.41) is 0. The van der Waals surface area contributed by atoms with E-state index < -0.39 is 0 Å². The van der Waals surface area contributed by atoms with Crippen LogP contribution in [-0.2, 0) is 14.3 Å². The molecule has 3 nitrogen and oxygen atoms in total. The summed E-state index contributed by atoms with van der Waals surface area (Å²) < 4.78 is 10.8. The van der Waals surface area contributed by atoms with Crippen LogP contribution in [0.2, 0.25) is 0 Å². The van der Waals surface area contributed by atoms with Crippen LogP contribution >= 0.6 is 0 Å². The van der Waals surface area contributed by atoms with Gasteiger partial charge >= 0.3 is 5.97 Å². The smallest absolute Gasteiger partial charge is 0.305 e. The molecule has 0 aliphatic rings. The van der Waals surface area contributed by atoms with E-state index in [0.29, 0.717) is 19.6 Å². The molecule has 0 aromatic carbocycles. The molecule has 0 spiro atoms. The summed E-state index contributed by atoms with van der Waals surface area (Å²) in [5.74, 6) is -0.0638. The van der Waals surface area contributed by atoms with E-state index in [4.69, 9.17) is 9.47 Å². The van der Waals surface area contributed by atoms with Crippen molar-refractivity contribution in [1.82, 2.24) is 0 Å². The summed E-state index contributed by atoms with van der Waals surface area (Å²) in [5.41, 5.74) is 0. The lowest BCUT2D eigenvalue weighted by atomic mass is 10.1. The highest BCUT2D eigenvalue weighted by molar-refractivity contribution is 5.69. The minimum atomic E-state index is -0.0638. The molecule has 162 valence electrons. The molecular weight excluding hydrogens is 336 g/mol. The molecule has 0 heterocycles. The average molecular weight is 385 g/mol. The highest BCUT2D eigenvalue weighted by atomic mass is 16.6. The Hall–Kier alpha value is -0.570. The van der Waals surface area contributed by atoms with Gasteiger partial charge in [0.2, 0.25) is 0 Å². The summed E-state index contributed by atoms with van der Waals surface area (Å²) in [4.78, 5) is 11.6. The van der Waals surface area contributed by atoms with Crippen LogP contribution in [-0.4, -0.2) is 25.8 Å². The Balaban J connectivity index is 3.11. The zero-order valence-electron chi connectivity index (χ0n) is 18.6. The van der Waals surface area contributed by atoms with E-state index in [2.05, 4.69) is 13.8 Å². The van der Waals surface area contributed by atoms with Crippen LogP contribution in [0, 0.1) is 0 Å². The lowest BCUT2D eigenvalue weighted by Gasteiger charge is -2.06. The standard InChI is InChI=1S/C24H48O3/c1-3-5-7-9-11-12-13-15-17-19-21-26-22-23-27-24(25)20-18-16-14-10-8-6-4-2/h3-23H2,1-2H3. The number of esters is 1. The molecule has 0 radical (unpaired) electrons. The minimum absolute atomic E-state index is 0.0638. The number of ether oxygens (including phenoxy) is 2. The summed E-state index contributed by atoms with van der Waals surface area (Å²) >= 11 is 0. The lowest BCUT2D eigenvalue weighted by molar-refractivity contribution is -0.145. The Bertz CT molecular complexity index is 291. The molecule has 0 atom stereocenters. The van der Waals surface area contributed by atoms with Gasteiger partial charge in [0.1, 0.15) is 6.61 Å². The number of unbranched alkanes of at least 4 members (excludes halogenated alkanes) is 15. The molecule has 3 heteroatoms. The monoisotopic (exact) mass is 384 g/mol. The zero-order valence-corrected chi connectivity index (χ0v) is 18.6. The predicted octanol–water partition coefficient (Wildman–Crippen LogP) is 7.61. The molecule has 0 aliphatic carbocycles. The van der Waals surface area contributed by atoms with E-state index in [1.165, 1.54) is 89.9 Å². The van der Waals surface area contributed by atoms with Crippen molar-refractivity contribution in [2.45, 2.75) is 129 Å². The van der Waals surface area contributed by atoms with Crippen molar-refractivity contribution in [1.29, 1.82) is 0 Å². The van der Waals surface area contributed by atoms with E-state index in [0.717, 1.165) is 25.9 Å². The molecule has 0 aliphatic heterocycles. The van der Waals surface area contributed by atoms with Gasteiger partial charge in [-0.3, -0.25) is 4.79 Å². The molecule has 0 N–H and O–H groups in total. The van der Waals surface area contributed by atoms with Gasteiger partial charge in [-0.2, -0.15) is 0 Å². The van der Waals surface area contributed by atoms with Crippen LogP contribution in [0.25, 0.3) is 0 Å². The highest BCUT2D eigenvalue weighted by Gasteiger charge is 2.02. The number of rotatable bonds is 22. The fraction of sp³-hybridized carbons (Fsp3) is 0.958. The van der Waals surface area contributed by atoms with Crippen molar-refractivity contribution in [3.8, 4) is 0 Å². The van der Waals surface area contributed by atoms with Gasteiger partial charge in [-0.05, 0) is 12.8 Å². The van der Waals surface area contributed by atoms with E-state index in [9.17, 15) is 4.79 Å². The Labute approximate surface area is 170 Å². The fourth-order valence-electron chi connectivity index (χ4n) is 3.31. The van der Waals surface area contributed by atoms with Crippen molar-refractivity contribution < 1.29 is 14.3 Å². The maximum atomic E-state index is 11.6. The first-order valence-electron chi connectivity index (χ1n) is 12.0. The molecule has 0 aromatic heterocycles. The maximum Gasteiger partial charge on any atom is 0.305 e. The van der Waals surface area contributed by atoms with Crippen molar-refractivity contribution in [2.75, 3.05) is 19.8 Å². The van der Waals surface area contributed by atoms with E-state index in [1.807, 2.05) is 0 Å². The van der Waals surface area contributed by atoms with Crippen molar-refractivity contribution in [3.63, 3.8) is 0 Å². The third kappa shape index (κ3) is 23.4. The number of carbonyl (C=O) groups excluding carboxylic acids is 1. The molecular formula is C24H48O3. The van der Waals surface area contributed by atoms with Gasteiger partial charge in [0, 0.05) is 13.0 Å². The van der Waals surface area contributed by atoms with Gasteiger partial charge in [-0.1, -0.05) is 110 Å². The highest BCUT2D eigenvalue weighted by Crippen LogP contribution is 2.11. The average Bonchev–Trinajstić information content (AvgIpc) is 2.67. The SMILES string of the molecule is CCCCCCCCCCCCOCCOC(=O)CCCCCCCCC.